The number of fused-ring (bicyclic) bond motifs is 3. The van der Waals surface area contributed by atoms with Crippen LogP contribution < -0.4 is 5.73 Å². The van der Waals surface area contributed by atoms with E-state index < -0.39 is 0 Å². The van der Waals surface area contributed by atoms with E-state index in [9.17, 15) is 9.65 Å². The van der Waals surface area contributed by atoms with Crippen LogP contribution in [0.1, 0.15) is 28.8 Å². The standard InChI is InChI=1S/C20H18FN3.ClH/c21-15-3-1-2-14(8-15)12-24-19-6-4-13(11-22)9-17(19)18-10-16(23)5-7-20(18)24;/h1-4,6,8-9,16H,5,7,10,12,23H2;1H. The van der Waals surface area contributed by atoms with E-state index in [2.05, 4.69) is 10.6 Å². The molecule has 0 fully saturated rings. The number of nitrogens with two attached hydrogens (primary N) is 1. The second-order valence-corrected chi connectivity index (χ2v) is 6.49. The third-order valence-electron chi connectivity index (χ3n) is 4.86. The number of nitriles is 1. The smallest absolute Gasteiger partial charge is 0.123 e. The van der Waals surface area contributed by atoms with Gasteiger partial charge in [-0.25, -0.2) is 4.39 Å². The maximum atomic E-state index is 13.5. The van der Waals surface area contributed by atoms with Gasteiger partial charge in [-0.15, -0.1) is 12.4 Å². The summed E-state index contributed by atoms with van der Waals surface area (Å²) in [6.07, 6.45) is 2.71. The lowest BCUT2D eigenvalue weighted by atomic mass is 9.91. The largest absolute Gasteiger partial charge is 0.340 e. The first-order valence-electron chi connectivity index (χ1n) is 8.20. The SMILES string of the molecule is Cl.N#Cc1ccc2c(c1)c1c(n2Cc2cccc(F)c2)CCC(N)C1. The highest BCUT2D eigenvalue weighted by Crippen LogP contribution is 2.33. The molecule has 2 aromatic carbocycles. The number of halogens is 2. The van der Waals surface area contributed by atoms with Crippen molar-refractivity contribution >= 4 is 23.3 Å². The van der Waals surface area contributed by atoms with Crippen molar-refractivity contribution in [2.45, 2.75) is 31.8 Å². The Labute approximate surface area is 152 Å². The Balaban J connectivity index is 0.00000182. The number of hydrogen-bond acceptors (Lipinski definition) is 2. The first kappa shape index (κ1) is 17.5. The summed E-state index contributed by atoms with van der Waals surface area (Å²) in [5.41, 5.74) is 11.4. The van der Waals surface area contributed by atoms with Crippen LogP contribution in [0.25, 0.3) is 10.9 Å². The Morgan fingerprint density at radius 2 is 2.08 bits per heavy atom. The van der Waals surface area contributed by atoms with Gasteiger partial charge in [-0.2, -0.15) is 5.26 Å². The fraction of sp³-hybridized carbons (Fsp3) is 0.250. The average Bonchev–Trinajstić information content (AvgIpc) is 2.87. The number of nitrogens with zero attached hydrogens (tertiary/aromatic N) is 2. The van der Waals surface area contributed by atoms with Gasteiger partial charge in [-0.05, 0) is 60.7 Å². The molecule has 3 aromatic rings. The second-order valence-electron chi connectivity index (χ2n) is 6.49. The summed E-state index contributed by atoms with van der Waals surface area (Å²) >= 11 is 0. The van der Waals surface area contributed by atoms with Crippen molar-refractivity contribution in [1.82, 2.24) is 4.57 Å². The molecule has 1 heterocycles. The fourth-order valence-electron chi connectivity index (χ4n) is 3.74. The molecule has 128 valence electrons. The lowest BCUT2D eigenvalue weighted by Gasteiger charge is -2.21. The van der Waals surface area contributed by atoms with Crippen molar-refractivity contribution in [1.29, 1.82) is 5.26 Å². The summed E-state index contributed by atoms with van der Waals surface area (Å²) < 4.78 is 15.8. The van der Waals surface area contributed by atoms with Gasteiger partial charge in [0.1, 0.15) is 5.82 Å². The van der Waals surface area contributed by atoms with E-state index in [0.717, 1.165) is 35.7 Å². The van der Waals surface area contributed by atoms with Gasteiger partial charge in [0.25, 0.3) is 0 Å². The van der Waals surface area contributed by atoms with Crippen LogP contribution in [-0.2, 0) is 19.4 Å². The van der Waals surface area contributed by atoms with Gasteiger partial charge < -0.3 is 10.3 Å². The van der Waals surface area contributed by atoms with Crippen LogP contribution in [0, 0.1) is 17.1 Å². The van der Waals surface area contributed by atoms with Crippen molar-refractivity contribution in [3.05, 3.63) is 70.7 Å². The van der Waals surface area contributed by atoms with Crippen molar-refractivity contribution in [2.24, 2.45) is 5.73 Å². The minimum absolute atomic E-state index is 0. The van der Waals surface area contributed by atoms with Gasteiger partial charge in [0, 0.05) is 29.2 Å². The molecule has 0 aliphatic heterocycles. The highest BCUT2D eigenvalue weighted by atomic mass is 35.5. The van der Waals surface area contributed by atoms with Gasteiger partial charge in [0.05, 0.1) is 11.6 Å². The predicted molar refractivity (Wildman–Crippen MR) is 99.4 cm³/mol. The highest BCUT2D eigenvalue weighted by Gasteiger charge is 2.23. The maximum Gasteiger partial charge on any atom is 0.123 e. The molecular weight excluding hydrogens is 337 g/mol. The van der Waals surface area contributed by atoms with E-state index in [1.54, 1.807) is 12.1 Å². The molecule has 0 saturated carbocycles. The zero-order valence-electron chi connectivity index (χ0n) is 13.7. The van der Waals surface area contributed by atoms with E-state index in [4.69, 9.17) is 5.73 Å². The highest BCUT2D eigenvalue weighted by molar-refractivity contribution is 5.87. The number of benzene rings is 2. The molecule has 2 N–H and O–H groups in total. The van der Waals surface area contributed by atoms with Crippen LogP contribution in [-0.4, -0.2) is 10.6 Å². The summed E-state index contributed by atoms with van der Waals surface area (Å²) in [6.45, 7) is 0.630. The molecule has 1 aliphatic rings. The third kappa shape index (κ3) is 3.13. The zero-order valence-corrected chi connectivity index (χ0v) is 14.5. The van der Waals surface area contributed by atoms with Gasteiger partial charge in [-0.3, -0.25) is 0 Å². The molecule has 25 heavy (non-hydrogen) atoms. The predicted octanol–water partition coefficient (Wildman–Crippen LogP) is 3.94. The number of hydrogen-bond donors (Lipinski definition) is 1. The molecule has 1 aromatic heterocycles. The van der Waals surface area contributed by atoms with Gasteiger partial charge in [0.15, 0.2) is 0 Å². The molecule has 4 rings (SSSR count). The summed E-state index contributed by atoms with van der Waals surface area (Å²) in [5, 5.41) is 10.3. The molecule has 1 atom stereocenters. The van der Waals surface area contributed by atoms with E-state index in [0.29, 0.717) is 12.1 Å². The van der Waals surface area contributed by atoms with Crippen molar-refractivity contribution in [3.63, 3.8) is 0 Å². The molecule has 0 saturated heterocycles. The lowest BCUT2D eigenvalue weighted by Crippen LogP contribution is -2.28. The Kier molecular flexibility index (Phi) is 4.80. The van der Waals surface area contributed by atoms with Crippen LogP contribution in [0.3, 0.4) is 0 Å². The molecule has 5 heteroatoms. The molecule has 0 radical (unpaired) electrons. The Bertz CT molecular complexity index is 971. The van der Waals surface area contributed by atoms with Crippen molar-refractivity contribution < 1.29 is 4.39 Å². The Morgan fingerprint density at radius 3 is 2.84 bits per heavy atom. The minimum Gasteiger partial charge on any atom is -0.340 e. The molecule has 0 amide bonds. The van der Waals surface area contributed by atoms with Crippen LogP contribution >= 0.6 is 12.4 Å². The third-order valence-corrected chi connectivity index (χ3v) is 4.86. The Morgan fingerprint density at radius 1 is 1.24 bits per heavy atom. The molecule has 3 nitrogen and oxygen atoms in total. The summed E-state index contributed by atoms with van der Waals surface area (Å²) in [6, 6.07) is 14.9. The maximum absolute atomic E-state index is 13.5. The quantitative estimate of drug-likeness (QED) is 0.757. The molecule has 0 spiro atoms. The van der Waals surface area contributed by atoms with Crippen LogP contribution in [0.2, 0.25) is 0 Å². The average molecular weight is 356 g/mol. The summed E-state index contributed by atoms with van der Waals surface area (Å²) in [5.74, 6) is -0.216. The normalized spacial score (nSPS) is 16.1. The molecule has 1 unspecified atom stereocenters. The molecular formula is C20H19ClFN3. The first-order chi connectivity index (χ1) is 11.7. The van der Waals surface area contributed by atoms with Gasteiger partial charge in [-0.1, -0.05) is 12.1 Å². The topological polar surface area (TPSA) is 54.7 Å². The van der Waals surface area contributed by atoms with Crippen LogP contribution in [0.4, 0.5) is 4.39 Å². The van der Waals surface area contributed by atoms with Crippen molar-refractivity contribution in [3.8, 4) is 6.07 Å². The number of rotatable bonds is 2. The van der Waals surface area contributed by atoms with E-state index >= 15 is 0 Å². The summed E-state index contributed by atoms with van der Waals surface area (Å²) in [4.78, 5) is 0. The van der Waals surface area contributed by atoms with E-state index in [1.807, 2.05) is 24.3 Å². The van der Waals surface area contributed by atoms with Gasteiger partial charge in [0.2, 0.25) is 0 Å². The lowest BCUT2D eigenvalue weighted by molar-refractivity contribution is 0.555. The zero-order chi connectivity index (χ0) is 16.7. The Hall–Kier alpha value is -2.35. The molecule has 1 aliphatic carbocycles. The van der Waals surface area contributed by atoms with Crippen molar-refractivity contribution in [2.75, 3.05) is 0 Å². The number of aromatic nitrogens is 1. The minimum atomic E-state index is -0.216. The monoisotopic (exact) mass is 355 g/mol. The first-order valence-corrected chi connectivity index (χ1v) is 8.20. The second kappa shape index (κ2) is 6.87. The fourth-order valence-corrected chi connectivity index (χ4v) is 3.74. The van der Waals surface area contributed by atoms with Gasteiger partial charge >= 0.3 is 0 Å². The summed E-state index contributed by atoms with van der Waals surface area (Å²) in [7, 11) is 0. The van der Waals surface area contributed by atoms with Crippen LogP contribution in [0.5, 0.6) is 0 Å². The van der Waals surface area contributed by atoms with Crippen LogP contribution in [0.15, 0.2) is 42.5 Å². The molecule has 0 bridgehead atoms. The van der Waals surface area contributed by atoms with E-state index in [1.165, 1.54) is 17.3 Å². The van der Waals surface area contributed by atoms with E-state index in [-0.39, 0.29) is 24.3 Å².